The molecule has 0 radical (unpaired) electrons. The van der Waals surface area contributed by atoms with Gasteiger partial charge in [0.05, 0.1) is 5.23 Å². The Labute approximate surface area is 87.6 Å². The van der Waals surface area contributed by atoms with Crippen LogP contribution in [-0.4, -0.2) is 10.3 Å². The first-order valence-electron chi connectivity index (χ1n) is 3.59. The van der Waals surface area contributed by atoms with Crippen molar-refractivity contribution in [1.29, 1.82) is 0 Å². The Bertz CT molecular complexity index is 336. The fraction of sp³-hybridized carbons (Fsp3) is 0.143. The van der Waals surface area contributed by atoms with Crippen molar-refractivity contribution in [3.05, 3.63) is 39.9 Å². The topological polar surface area (TPSA) is 55.6 Å². The summed E-state index contributed by atoms with van der Waals surface area (Å²) in [5.74, 6) is 0.344. The Hall–Kier alpha value is -1.37. The summed E-state index contributed by atoms with van der Waals surface area (Å²) in [5, 5.41) is 8.36. The van der Waals surface area contributed by atoms with Crippen LogP contribution in [0, 0.1) is 10.1 Å². The largest absolute Gasteiger partial charge is 0.418 e. The highest BCUT2D eigenvalue weighted by Gasteiger charge is 2.15. The molecule has 0 saturated heterocycles. The van der Waals surface area contributed by atoms with Gasteiger partial charge in [-0.2, -0.15) is 0 Å². The predicted molar refractivity (Wildman–Crippen MR) is 49.6 cm³/mol. The third-order valence-electron chi connectivity index (χ3n) is 1.53. The average Bonchev–Trinajstić information content (AvgIpc) is 2.18. The summed E-state index contributed by atoms with van der Waals surface area (Å²) in [6.45, 7) is -0.464. The SMILES string of the molecule is O=[N+]([O-])N(F)Cc1ccccc1OBr. The van der Waals surface area contributed by atoms with E-state index in [0.29, 0.717) is 11.3 Å². The number of nitro groups is 1. The van der Waals surface area contributed by atoms with Gasteiger partial charge in [0, 0.05) is 5.56 Å². The van der Waals surface area contributed by atoms with Gasteiger partial charge >= 0.3 is 0 Å². The van der Waals surface area contributed by atoms with E-state index in [4.69, 9.17) is 3.83 Å². The van der Waals surface area contributed by atoms with Crippen molar-refractivity contribution in [2.24, 2.45) is 0 Å². The number of benzene rings is 1. The Morgan fingerprint density at radius 2 is 2.21 bits per heavy atom. The van der Waals surface area contributed by atoms with Gasteiger partial charge in [-0.3, -0.25) is 0 Å². The number of halogens is 2. The molecule has 0 amide bonds. The van der Waals surface area contributed by atoms with Gasteiger partial charge in [-0.25, -0.2) is 10.1 Å². The predicted octanol–water partition coefficient (Wildman–Crippen LogP) is 2.25. The molecule has 14 heavy (non-hydrogen) atoms. The molecule has 7 heteroatoms. The highest BCUT2D eigenvalue weighted by atomic mass is 79.9. The van der Waals surface area contributed by atoms with E-state index in [-0.39, 0.29) is 0 Å². The number of hydrazine groups is 1. The van der Waals surface area contributed by atoms with Crippen molar-refractivity contribution < 1.29 is 13.3 Å². The van der Waals surface area contributed by atoms with Gasteiger partial charge in [-0.1, -0.05) is 18.2 Å². The maximum Gasteiger partial charge on any atom is 0.191 e. The van der Waals surface area contributed by atoms with Crippen LogP contribution in [0.1, 0.15) is 5.56 Å². The molecule has 0 aromatic heterocycles. The van der Waals surface area contributed by atoms with Gasteiger partial charge in [0.2, 0.25) is 0 Å². The number of nitrogens with zero attached hydrogens (tertiary/aromatic N) is 2. The summed E-state index contributed by atoms with van der Waals surface area (Å²) in [5.41, 5.74) is 0.378. The van der Waals surface area contributed by atoms with Gasteiger partial charge in [-0.05, 0) is 10.5 Å². The third kappa shape index (κ3) is 2.56. The Balaban J connectivity index is 2.80. The second-order valence-electron chi connectivity index (χ2n) is 2.42. The molecular weight excluding hydrogens is 259 g/mol. The van der Waals surface area contributed by atoms with Crippen LogP contribution < -0.4 is 3.83 Å². The zero-order chi connectivity index (χ0) is 10.6. The van der Waals surface area contributed by atoms with Gasteiger partial charge in [0.25, 0.3) is 0 Å². The normalized spacial score (nSPS) is 9.57. The molecule has 0 aliphatic heterocycles. The highest BCUT2D eigenvalue weighted by Crippen LogP contribution is 2.21. The summed E-state index contributed by atoms with van der Waals surface area (Å²) in [4.78, 5) is 10.0. The first-order chi connectivity index (χ1) is 6.65. The molecule has 0 bridgehead atoms. The minimum Gasteiger partial charge on any atom is -0.418 e. The van der Waals surface area contributed by atoms with Crippen molar-refractivity contribution in [2.45, 2.75) is 6.54 Å². The zero-order valence-corrected chi connectivity index (χ0v) is 8.48. The zero-order valence-electron chi connectivity index (χ0n) is 6.89. The van der Waals surface area contributed by atoms with Crippen LogP contribution in [0.4, 0.5) is 4.48 Å². The molecule has 0 saturated carbocycles. The monoisotopic (exact) mass is 264 g/mol. The summed E-state index contributed by atoms with van der Waals surface area (Å²) in [7, 11) is 0. The molecule has 0 spiro atoms. The van der Waals surface area contributed by atoms with Crippen LogP contribution in [0.2, 0.25) is 0 Å². The minimum atomic E-state index is -1.13. The first kappa shape index (κ1) is 10.7. The molecule has 1 aromatic carbocycles. The van der Waals surface area contributed by atoms with Gasteiger partial charge in [0.15, 0.2) is 21.3 Å². The standard InChI is InChI=1S/C7H6BrFN2O3/c8-14-7-4-2-1-3-6(7)5-10(9)11(12)13/h1-4H,5H2. The molecule has 0 unspecified atom stereocenters. The summed E-state index contributed by atoms with van der Waals surface area (Å²) >= 11 is 2.72. The van der Waals surface area contributed by atoms with E-state index < -0.39 is 16.8 Å². The Morgan fingerprint density at radius 3 is 2.79 bits per heavy atom. The fourth-order valence-corrected chi connectivity index (χ4v) is 1.22. The molecule has 5 nitrogen and oxygen atoms in total. The highest BCUT2D eigenvalue weighted by molar-refractivity contribution is 9.06. The van der Waals surface area contributed by atoms with Crippen LogP contribution in [-0.2, 0) is 6.54 Å². The Morgan fingerprint density at radius 1 is 1.57 bits per heavy atom. The van der Waals surface area contributed by atoms with Gasteiger partial charge in [-0.15, -0.1) is 0 Å². The first-order valence-corrected chi connectivity index (χ1v) is 4.24. The van der Waals surface area contributed by atoms with E-state index in [1.54, 1.807) is 18.2 Å². The third-order valence-corrected chi connectivity index (χ3v) is 1.88. The van der Waals surface area contributed by atoms with E-state index in [1.165, 1.54) is 6.07 Å². The van der Waals surface area contributed by atoms with E-state index in [1.807, 2.05) is 0 Å². The molecule has 0 N–H and O–H groups in total. The van der Waals surface area contributed by atoms with Crippen LogP contribution in [0.5, 0.6) is 5.75 Å². The molecule has 0 heterocycles. The lowest BCUT2D eigenvalue weighted by atomic mass is 10.2. The summed E-state index contributed by atoms with van der Waals surface area (Å²) in [6.07, 6.45) is 0. The van der Waals surface area contributed by atoms with E-state index in [9.17, 15) is 14.6 Å². The second-order valence-corrected chi connectivity index (χ2v) is 2.74. The van der Waals surface area contributed by atoms with Gasteiger partial charge in [0.1, 0.15) is 12.3 Å². The molecule has 0 fully saturated rings. The number of hydrogen-bond donors (Lipinski definition) is 0. The molecule has 1 aromatic rings. The molecular formula is C7H6BrFN2O3. The van der Waals surface area contributed by atoms with Crippen LogP contribution in [0.15, 0.2) is 24.3 Å². The minimum absolute atomic E-state index is 0.344. The maximum atomic E-state index is 12.6. The van der Waals surface area contributed by atoms with Crippen molar-refractivity contribution in [3.8, 4) is 5.75 Å². The molecule has 0 aliphatic carbocycles. The van der Waals surface area contributed by atoms with Crippen molar-refractivity contribution in [2.75, 3.05) is 0 Å². The lowest BCUT2D eigenvalue weighted by molar-refractivity contribution is -0.709. The van der Waals surface area contributed by atoms with Crippen LogP contribution in [0.25, 0.3) is 0 Å². The van der Waals surface area contributed by atoms with Crippen molar-refractivity contribution in [3.63, 3.8) is 0 Å². The summed E-state index contributed by atoms with van der Waals surface area (Å²) in [6, 6.07) is 6.41. The van der Waals surface area contributed by atoms with E-state index in [2.05, 4.69) is 16.3 Å². The summed E-state index contributed by atoms with van der Waals surface area (Å²) < 4.78 is 17.3. The van der Waals surface area contributed by atoms with Crippen LogP contribution in [0.3, 0.4) is 0 Å². The average molecular weight is 265 g/mol. The Kier molecular flexibility index (Phi) is 3.63. The van der Waals surface area contributed by atoms with Crippen molar-refractivity contribution >= 4 is 16.3 Å². The second kappa shape index (κ2) is 4.75. The lowest BCUT2D eigenvalue weighted by Crippen LogP contribution is -2.20. The number of rotatable bonds is 4. The van der Waals surface area contributed by atoms with Crippen molar-refractivity contribution in [1.82, 2.24) is 5.23 Å². The van der Waals surface area contributed by atoms with E-state index in [0.717, 1.165) is 0 Å². The number of para-hydroxylation sites is 1. The van der Waals surface area contributed by atoms with Gasteiger partial charge < -0.3 is 3.83 Å². The molecule has 0 aliphatic rings. The lowest BCUT2D eigenvalue weighted by Gasteiger charge is -2.06. The van der Waals surface area contributed by atoms with Crippen LogP contribution >= 0.6 is 16.3 Å². The fourth-order valence-electron chi connectivity index (χ4n) is 0.908. The smallest absolute Gasteiger partial charge is 0.191 e. The molecule has 1 rings (SSSR count). The molecule has 0 atom stereocenters. The molecule has 76 valence electrons. The number of hydrogen-bond acceptors (Lipinski definition) is 3. The van der Waals surface area contributed by atoms with E-state index >= 15 is 0 Å². The maximum absolute atomic E-state index is 12.6. The quantitative estimate of drug-likeness (QED) is 0.476.